The lowest BCUT2D eigenvalue weighted by Gasteiger charge is -2.37. The lowest BCUT2D eigenvalue weighted by molar-refractivity contribution is 0.427. The van der Waals surface area contributed by atoms with Gasteiger partial charge in [0.25, 0.3) is 0 Å². The average Bonchev–Trinajstić information content (AvgIpc) is 2.46. The zero-order chi connectivity index (χ0) is 13.7. The first-order chi connectivity index (χ1) is 9.67. The van der Waals surface area contributed by atoms with Crippen LogP contribution in [0.4, 0.5) is 0 Å². The molecule has 0 aromatic heterocycles. The molecule has 0 fully saturated rings. The van der Waals surface area contributed by atoms with Crippen LogP contribution in [-0.4, -0.2) is 0 Å². The third-order valence-corrected chi connectivity index (χ3v) is 5.28. The van der Waals surface area contributed by atoms with Crippen LogP contribution < -0.4 is 0 Å². The van der Waals surface area contributed by atoms with Gasteiger partial charge in [-0.2, -0.15) is 0 Å². The Labute approximate surface area is 121 Å². The van der Waals surface area contributed by atoms with E-state index in [0.29, 0.717) is 5.41 Å². The molecule has 0 aliphatic heterocycles. The van der Waals surface area contributed by atoms with Crippen molar-refractivity contribution in [3.63, 3.8) is 0 Å². The molecule has 102 valence electrons. The van der Waals surface area contributed by atoms with Crippen molar-refractivity contribution >= 4 is 0 Å². The van der Waals surface area contributed by atoms with E-state index in [0.717, 1.165) is 0 Å². The van der Waals surface area contributed by atoms with Crippen LogP contribution in [0.3, 0.4) is 0 Å². The SMILES string of the molecule is CC1(C)CCCc2ccc3c(c21)CCc1ccccc1-3. The van der Waals surface area contributed by atoms with Crippen LogP contribution in [0.5, 0.6) is 0 Å². The summed E-state index contributed by atoms with van der Waals surface area (Å²) in [4.78, 5) is 0. The van der Waals surface area contributed by atoms with Gasteiger partial charge in [-0.05, 0) is 70.9 Å². The maximum Gasteiger partial charge on any atom is -0.00978 e. The number of fused-ring (bicyclic) bond motifs is 5. The molecule has 0 unspecified atom stereocenters. The zero-order valence-electron chi connectivity index (χ0n) is 12.5. The van der Waals surface area contributed by atoms with Gasteiger partial charge in [0.15, 0.2) is 0 Å². The summed E-state index contributed by atoms with van der Waals surface area (Å²) >= 11 is 0. The molecule has 0 amide bonds. The molecule has 0 bridgehead atoms. The Morgan fingerprint density at radius 2 is 1.65 bits per heavy atom. The van der Waals surface area contributed by atoms with Gasteiger partial charge in [0.1, 0.15) is 0 Å². The van der Waals surface area contributed by atoms with Crippen LogP contribution >= 0.6 is 0 Å². The third kappa shape index (κ3) is 1.67. The highest BCUT2D eigenvalue weighted by atomic mass is 14.4. The molecule has 0 radical (unpaired) electrons. The quantitative estimate of drug-likeness (QED) is 0.622. The smallest absolute Gasteiger partial charge is 0.00978 e. The topological polar surface area (TPSA) is 0 Å². The van der Waals surface area contributed by atoms with Gasteiger partial charge in [-0.25, -0.2) is 0 Å². The fourth-order valence-electron chi connectivity index (χ4n) is 4.37. The molecule has 0 N–H and O–H groups in total. The van der Waals surface area contributed by atoms with Crippen molar-refractivity contribution in [3.05, 3.63) is 58.7 Å². The molecule has 0 saturated heterocycles. The summed E-state index contributed by atoms with van der Waals surface area (Å²) in [7, 11) is 0. The first kappa shape index (κ1) is 12.2. The Morgan fingerprint density at radius 3 is 2.55 bits per heavy atom. The zero-order valence-corrected chi connectivity index (χ0v) is 12.5. The van der Waals surface area contributed by atoms with E-state index in [2.05, 4.69) is 50.2 Å². The molecule has 0 nitrogen and oxygen atoms in total. The van der Waals surface area contributed by atoms with E-state index in [1.807, 2.05) is 0 Å². The molecule has 20 heavy (non-hydrogen) atoms. The first-order valence-corrected chi connectivity index (χ1v) is 7.90. The molecule has 2 aliphatic rings. The molecule has 2 aromatic rings. The van der Waals surface area contributed by atoms with Crippen molar-refractivity contribution in [2.45, 2.75) is 51.4 Å². The summed E-state index contributed by atoms with van der Waals surface area (Å²) in [5.41, 5.74) is 9.78. The minimum Gasteiger partial charge on any atom is -0.0620 e. The predicted octanol–water partition coefficient (Wildman–Crippen LogP) is 5.07. The van der Waals surface area contributed by atoms with Crippen LogP contribution in [0.25, 0.3) is 11.1 Å². The summed E-state index contributed by atoms with van der Waals surface area (Å²) in [6.07, 6.45) is 6.37. The van der Waals surface area contributed by atoms with Crippen LogP contribution in [-0.2, 0) is 24.7 Å². The Bertz CT molecular complexity index is 676. The van der Waals surface area contributed by atoms with Gasteiger partial charge in [-0.1, -0.05) is 50.2 Å². The Balaban J connectivity index is 2.00. The van der Waals surface area contributed by atoms with Crippen LogP contribution in [0, 0.1) is 0 Å². The van der Waals surface area contributed by atoms with E-state index in [1.165, 1.54) is 48.8 Å². The van der Waals surface area contributed by atoms with E-state index in [9.17, 15) is 0 Å². The van der Waals surface area contributed by atoms with Gasteiger partial charge in [-0.3, -0.25) is 0 Å². The highest BCUT2D eigenvalue weighted by Gasteiger charge is 2.32. The van der Waals surface area contributed by atoms with E-state index in [4.69, 9.17) is 0 Å². The van der Waals surface area contributed by atoms with Gasteiger partial charge in [0.05, 0.1) is 0 Å². The standard InChI is InChI=1S/C20H22/c1-20(2)13-5-7-15-10-11-17-16-8-4-3-6-14(16)9-12-18(17)19(15)20/h3-4,6,8,10-11H,5,7,9,12-13H2,1-2H3. The number of hydrogen-bond donors (Lipinski definition) is 0. The Morgan fingerprint density at radius 1 is 0.800 bits per heavy atom. The average molecular weight is 262 g/mol. The molecule has 4 rings (SSSR count). The molecule has 0 heteroatoms. The fraction of sp³-hybridized carbons (Fsp3) is 0.400. The van der Waals surface area contributed by atoms with Crippen LogP contribution in [0.2, 0.25) is 0 Å². The summed E-state index contributed by atoms with van der Waals surface area (Å²) in [5.74, 6) is 0. The lowest BCUT2D eigenvalue weighted by Crippen LogP contribution is -2.27. The summed E-state index contributed by atoms with van der Waals surface area (Å²) in [6, 6.07) is 13.7. The number of aryl methyl sites for hydroxylation is 2. The number of hydrogen-bond acceptors (Lipinski definition) is 0. The highest BCUT2D eigenvalue weighted by molar-refractivity contribution is 5.75. The van der Waals surface area contributed by atoms with Gasteiger partial charge >= 0.3 is 0 Å². The Hall–Kier alpha value is -1.56. The van der Waals surface area contributed by atoms with Gasteiger partial charge in [0.2, 0.25) is 0 Å². The van der Waals surface area contributed by atoms with Gasteiger partial charge < -0.3 is 0 Å². The van der Waals surface area contributed by atoms with Crippen molar-refractivity contribution in [2.75, 3.05) is 0 Å². The third-order valence-electron chi connectivity index (χ3n) is 5.28. The largest absolute Gasteiger partial charge is 0.0620 e. The van der Waals surface area contributed by atoms with Crippen molar-refractivity contribution in [3.8, 4) is 11.1 Å². The highest BCUT2D eigenvalue weighted by Crippen LogP contribution is 2.44. The number of rotatable bonds is 0. The normalized spacial score (nSPS) is 18.9. The fourth-order valence-corrected chi connectivity index (χ4v) is 4.37. The maximum atomic E-state index is 2.44. The molecular weight excluding hydrogens is 240 g/mol. The van der Waals surface area contributed by atoms with Crippen LogP contribution in [0.15, 0.2) is 36.4 Å². The molecule has 0 heterocycles. The molecule has 0 spiro atoms. The summed E-state index contributed by atoms with van der Waals surface area (Å²) in [5, 5.41) is 0. The van der Waals surface area contributed by atoms with Crippen LogP contribution in [0.1, 0.15) is 48.9 Å². The lowest BCUT2D eigenvalue weighted by atomic mass is 9.67. The molecule has 0 saturated carbocycles. The predicted molar refractivity (Wildman–Crippen MR) is 85.3 cm³/mol. The molecule has 2 aliphatic carbocycles. The van der Waals surface area contributed by atoms with Crippen molar-refractivity contribution in [1.29, 1.82) is 0 Å². The second-order valence-electron chi connectivity index (χ2n) is 7.02. The summed E-state index contributed by atoms with van der Waals surface area (Å²) < 4.78 is 0. The van der Waals surface area contributed by atoms with Gasteiger partial charge in [-0.15, -0.1) is 0 Å². The molecule has 2 aromatic carbocycles. The van der Waals surface area contributed by atoms with E-state index in [-0.39, 0.29) is 0 Å². The Kier molecular flexibility index (Phi) is 2.57. The van der Waals surface area contributed by atoms with Gasteiger partial charge in [0, 0.05) is 0 Å². The monoisotopic (exact) mass is 262 g/mol. The van der Waals surface area contributed by atoms with E-state index < -0.39 is 0 Å². The first-order valence-electron chi connectivity index (χ1n) is 7.90. The minimum absolute atomic E-state index is 0.352. The maximum absolute atomic E-state index is 2.44. The van der Waals surface area contributed by atoms with E-state index in [1.54, 1.807) is 16.7 Å². The molecule has 0 atom stereocenters. The minimum atomic E-state index is 0.352. The summed E-state index contributed by atoms with van der Waals surface area (Å²) in [6.45, 7) is 4.87. The second-order valence-corrected chi connectivity index (χ2v) is 7.02. The van der Waals surface area contributed by atoms with Crippen molar-refractivity contribution in [1.82, 2.24) is 0 Å². The second kappa shape index (κ2) is 4.22. The molecular formula is C20H22. The van der Waals surface area contributed by atoms with Crippen molar-refractivity contribution < 1.29 is 0 Å². The number of benzene rings is 2. The van der Waals surface area contributed by atoms with E-state index >= 15 is 0 Å². The van der Waals surface area contributed by atoms with Crippen molar-refractivity contribution in [2.24, 2.45) is 0 Å².